The van der Waals surface area contributed by atoms with Crippen LogP contribution >= 0.6 is 0 Å². The molecule has 0 unspecified atom stereocenters. The molecule has 0 aliphatic carbocycles. The van der Waals surface area contributed by atoms with Gasteiger partial charge in [0.05, 0.1) is 23.4 Å². The summed E-state index contributed by atoms with van der Waals surface area (Å²) in [6.45, 7) is 4.35. The van der Waals surface area contributed by atoms with Crippen LogP contribution in [-0.4, -0.2) is 36.9 Å². The molecular formula is C29H26N2O6. The van der Waals surface area contributed by atoms with Gasteiger partial charge in [-0.15, -0.1) is 0 Å². The molecule has 8 heteroatoms. The molecule has 37 heavy (non-hydrogen) atoms. The Labute approximate surface area is 214 Å². The van der Waals surface area contributed by atoms with Gasteiger partial charge in [0.25, 0.3) is 5.91 Å². The molecule has 5 rings (SSSR count). The molecule has 0 saturated carbocycles. The zero-order chi connectivity index (χ0) is 25.8. The number of amides is 1. The number of hydrogen-bond donors (Lipinski definition) is 1. The molecule has 1 N–H and O–H groups in total. The molecule has 0 atom stereocenters. The second-order valence-corrected chi connectivity index (χ2v) is 8.58. The summed E-state index contributed by atoms with van der Waals surface area (Å²) < 4.78 is 21.8. The Morgan fingerprint density at radius 1 is 0.973 bits per heavy atom. The van der Waals surface area contributed by atoms with E-state index in [9.17, 15) is 9.59 Å². The molecule has 188 valence electrons. The van der Waals surface area contributed by atoms with Crippen molar-refractivity contribution in [3.05, 3.63) is 83.4 Å². The largest absolute Gasteiger partial charge is 0.483 e. The summed E-state index contributed by atoms with van der Waals surface area (Å²) in [6.07, 6.45) is 0. The maximum Gasteiger partial charge on any atom is 0.338 e. The summed E-state index contributed by atoms with van der Waals surface area (Å²) in [5.41, 5.74) is 4.66. The first-order chi connectivity index (χ1) is 18.0. The number of fused-ring (bicyclic) bond motifs is 2. The van der Waals surface area contributed by atoms with Crippen LogP contribution in [0.4, 0.5) is 0 Å². The quantitative estimate of drug-likeness (QED) is 0.348. The lowest BCUT2D eigenvalue weighted by molar-refractivity contribution is -0.123. The van der Waals surface area contributed by atoms with Crippen molar-refractivity contribution in [3.8, 4) is 28.5 Å². The highest BCUT2D eigenvalue weighted by molar-refractivity contribution is 5.97. The number of hydrogen-bond acceptors (Lipinski definition) is 7. The predicted octanol–water partition coefficient (Wildman–Crippen LogP) is 4.81. The van der Waals surface area contributed by atoms with Crippen LogP contribution < -0.4 is 19.5 Å². The van der Waals surface area contributed by atoms with Gasteiger partial charge in [-0.25, -0.2) is 9.78 Å². The molecule has 3 aromatic carbocycles. The van der Waals surface area contributed by atoms with Gasteiger partial charge in [0.1, 0.15) is 5.75 Å². The number of carbonyl (C=O) groups excluding carboxylic acids is 2. The van der Waals surface area contributed by atoms with Crippen molar-refractivity contribution in [1.82, 2.24) is 10.3 Å². The van der Waals surface area contributed by atoms with Crippen LogP contribution in [0.5, 0.6) is 17.2 Å². The molecule has 0 radical (unpaired) electrons. The van der Waals surface area contributed by atoms with Crippen LogP contribution in [0.25, 0.3) is 22.2 Å². The average Bonchev–Trinajstić information content (AvgIpc) is 3.38. The van der Waals surface area contributed by atoms with E-state index in [2.05, 4.69) is 5.32 Å². The minimum absolute atomic E-state index is 0.196. The number of pyridine rings is 1. The fourth-order valence-electron chi connectivity index (χ4n) is 3.97. The summed E-state index contributed by atoms with van der Waals surface area (Å²) in [6, 6.07) is 20.4. The van der Waals surface area contributed by atoms with Gasteiger partial charge in [0, 0.05) is 23.6 Å². The van der Waals surface area contributed by atoms with Gasteiger partial charge in [-0.3, -0.25) is 4.79 Å². The zero-order valence-corrected chi connectivity index (χ0v) is 20.6. The molecule has 8 nitrogen and oxygen atoms in total. The molecule has 1 amide bonds. The van der Waals surface area contributed by atoms with E-state index in [-0.39, 0.29) is 25.9 Å². The maximum atomic E-state index is 12.6. The van der Waals surface area contributed by atoms with Gasteiger partial charge < -0.3 is 24.3 Å². The Morgan fingerprint density at radius 3 is 2.59 bits per heavy atom. The highest BCUT2D eigenvalue weighted by atomic mass is 16.7. The van der Waals surface area contributed by atoms with Crippen LogP contribution in [0.2, 0.25) is 0 Å². The molecule has 2 heterocycles. The number of aromatic nitrogens is 1. The highest BCUT2D eigenvalue weighted by Gasteiger charge is 2.16. The third-order valence-electron chi connectivity index (χ3n) is 5.91. The number of esters is 1. The molecule has 0 saturated heterocycles. The number of aryl methyl sites for hydroxylation is 1. The van der Waals surface area contributed by atoms with Gasteiger partial charge in [-0.2, -0.15) is 0 Å². The number of nitrogens with one attached hydrogen (secondary N) is 1. The van der Waals surface area contributed by atoms with E-state index in [1.54, 1.807) is 31.2 Å². The summed E-state index contributed by atoms with van der Waals surface area (Å²) in [7, 11) is 0. The van der Waals surface area contributed by atoms with Crippen molar-refractivity contribution in [1.29, 1.82) is 0 Å². The molecule has 4 aromatic rings. The number of nitrogens with zero attached hydrogens (tertiary/aromatic N) is 1. The second-order valence-electron chi connectivity index (χ2n) is 8.58. The summed E-state index contributed by atoms with van der Waals surface area (Å²) in [5, 5.41) is 3.47. The van der Waals surface area contributed by atoms with E-state index in [1.807, 2.05) is 49.4 Å². The van der Waals surface area contributed by atoms with E-state index in [4.69, 9.17) is 23.9 Å². The van der Waals surface area contributed by atoms with Crippen LogP contribution in [0.15, 0.2) is 66.7 Å². The lowest BCUT2D eigenvalue weighted by atomic mass is 10.1. The van der Waals surface area contributed by atoms with Crippen LogP contribution in [0.1, 0.15) is 28.4 Å². The Balaban J connectivity index is 1.37. The molecule has 1 aliphatic heterocycles. The van der Waals surface area contributed by atoms with Crippen molar-refractivity contribution in [2.75, 3.05) is 20.0 Å². The molecule has 1 aromatic heterocycles. The smallest absolute Gasteiger partial charge is 0.338 e. The third kappa shape index (κ3) is 5.48. The second kappa shape index (κ2) is 10.6. The summed E-state index contributed by atoms with van der Waals surface area (Å²) in [5.74, 6) is 1.08. The van der Waals surface area contributed by atoms with E-state index in [1.165, 1.54) is 0 Å². The fraction of sp³-hybridized carbons (Fsp3) is 0.207. The zero-order valence-electron chi connectivity index (χ0n) is 20.6. The Hall–Kier alpha value is -4.59. The van der Waals surface area contributed by atoms with Crippen molar-refractivity contribution < 1.29 is 28.5 Å². The Kier molecular flexibility index (Phi) is 6.89. The molecule has 0 spiro atoms. The number of ether oxygens (including phenoxy) is 4. The number of benzene rings is 3. The van der Waals surface area contributed by atoms with Gasteiger partial charge in [0.2, 0.25) is 6.79 Å². The Bertz CT molecular complexity index is 1470. The molecular weight excluding hydrogens is 472 g/mol. The first-order valence-electron chi connectivity index (χ1n) is 12.0. The van der Waals surface area contributed by atoms with Crippen LogP contribution in [0.3, 0.4) is 0 Å². The predicted molar refractivity (Wildman–Crippen MR) is 138 cm³/mol. The first kappa shape index (κ1) is 24.1. The van der Waals surface area contributed by atoms with Gasteiger partial charge in [-0.05, 0) is 49.7 Å². The summed E-state index contributed by atoms with van der Waals surface area (Å²) in [4.78, 5) is 29.7. The standard InChI is InChI=1S/C29H26N2O6/c1-3-34-29(33)21-9-10-23-22(13-21)26(14-24(31-23)20-7-4-18(2)5-8-20)35-16-28(32)30-15-19-6-11-25-27(12-19)37-17-36-25/h4-14H,3,15-17H2,1-2H3,(H,30,32). The van der Waals surface area contributed by atoms with Gasteiger partial charge in [-0.1, -0.05) is 35.9 Å². The van der Waals surface area contributed by atoms with Crippen molar-refractivity contribution in [2.45, 2.75) is 20.4 Å². The van der Waals surface area contributed by atoms with Crippen molar-refractivity contribution in [2.24, 2.45) is 0 Å². The average molecular weight is 499 g/mol. The number of rotatable bonds is 8. The molecule has 0 bridgehead atoms. The van der Waals surface area contributed by atoms with Crippen molar-refractivity contribution in [3.63, 3.8) is 0 Å². The van der Waals surface area contributed by atoms with Crippen molar-refractivity contribution >= 4 is 22.8 Å². The summed E-state index contributed by atoms with van der Waals surface area (Å²) >= 11 is 0. The van der Waals surface area contributed by atoms with E-state index >= 15 is 0 Å². The minimum Gasteiger partial charge on any atom is -0.483 e. The molecule has 0 fully saturated rings. The van der Waals surface area contributed by atoms with E-state index in [0.29, 0.717) is 46.0 Å². The normalized spacial score (nSPS) is 11.8. The first-order valence-corrected chi connectivity index (χ1v) is 12.0. The lowest BCUT2D eigenvalue weighted by Crippen LogP contribution is -2.28. The monoisotopic (exact) mass is 498 g/mol. The topological polar surface area (TPSA) is 96.0 Å². The number of carbonyl (C=O) groups is 2. The van der Waals surface area contributed by atoms with Crippen LogP contribution in [-0.2, 0) is 16.1 Å². The fourth-order valence-corrected chi connectivity index (χ4v) is 3.97. The van der Waals surface area contributed by atoms with Crippen LogP contribution in [0, 0.1) is 6.92 Å². The van der Waals surface area contributed by atoms with Gasteiger partial charge >= 0.3 is 5.97 Å². The third-order valence-corrected chi connectivity index (χ3v) is 5.91. The molecule has 1 aliphatic rings. The highest BCUT2D eigenvalue weighted by Crippen LogP contribution is 2.33. The van der Waals surface area contributed by atoms with E-state index in [0.717, 1.165) is 16.7 Å². The minimum atomic E-state index is -0.431. The van der Waals surface area contributed by atoms with Gasteiger partial charge in [0.15, 0.2) is 18.1 Å². The maximum absolute atomic E-state index is 12.6. The SMILES string of the molecule is CCOC(=O)c1ccc2nc(-c3ccc(C)cc3)cc(OCC(=O)NCc3ccc4c(c3)OCO4)c2c1. The lowest BCUT2D eigenvalue weighted by Gasteiger charge is -2.13. The van der Waals surface area contributed by atoms with E-state index < -0.39 is 5.97 Å². The Morgan fingerprint density at radius 2 is 1.78 bits per heavy atom.